The number of benzene rings is 1. The van der Waals surface area contributed by atoms with Crippen molar-refractivity contribution in [1.29, 1.82) is 0 Å². The van der Waals surface area contributed by atoms with Crippen LogP contribution in [-0.4, -0.2) is 30.6 Å². The molecule has 1 amide bonds. The number of anilines is 2. The zero-order chi connectivity index (χ0) is 22.0. The Labute approximate surface area is 183 Å². The van der Waals surface area contributed by atoms with Crippen molar-refractivity contribution < 1.29 is 22.7 Å². The van der Waals surface area contributed by atoms with Crippen LogP contribution in [0.15, 0.2) is 30.5 Å². The summed E-state index contributed by atoms with van der Waals surface area (Å²) >= 11 is 6.08. The average molecular weight is 454 g/mol. The molecule has 2 fully saturated rings. The number of carbonyl (C=O) groups is 1. The number of hydrogen-bond donors (Lipinski definition) is 2. The minimum atomic E-state index is -4.47. The zero-order valence-corrected chi connectivity index (χ0v) is 17.5. The molecule has 2 aliphatic rings. The van der Waals surface area contributed by atoms with Crippen molar-refractivity contribution in [2.75, 3.05) is 25.1 Å². The zero-order valence-electron chi connectivity index (χ0n) is 16.8. The van der Waals surface area contributed by atoms with Gasteiger partial charge in [0.25, 0.3) is 5.91 Å². The standard InChI is InChI=1S/C22H23ClF3N3O2/c23-18-4-3-15(22(24,25)26)9-19(18)29-20-10-16(14-1-2-14)17(12-27-20)21(30)28-11-13-5-7-31-8-6-13/h3-4,9-10,12-14H,1-2,5-8,11H2,(H,27,29)(H,28,30). The highest BCUT2D eigenvalue weighted by molar-refractivity contribution is 6.33. The van der Waals surface area contributed by atoms with Crippen molar-refractivity contribution >= 4 is 29.0 Å². The minimum Gasteiger partial charge on any atom is -0.381 e. The lowest BCUT2D eigenvalue weighted by atomic mass is 10.00. The summed E-state index contributed by atoms with van der Waals surface area (Å²) in [6, 6.07) is 4.82. The molecule has 0 radical (unpaired) electrons. The Hall–Kier alpha value is -2.32. The molecule has 1 saturated carbocycles. The second-order valence-electron chi connectivity index (χ2n) is 8.01. The van der Waals surface area contributed by atoms with Gasteiger partial charge in [0.1, 0.15) is 5.82 Å². The van der Waals surface area contributed by atoms with E-state index in [1.54, 1.807) is 6.07 Å². The molecule has 31 heavy (non-hydrogen) atoms. The van der Waals surface area contributed by atoms with Crippen LogP contribution in [0, 0.1) is 5.92 Å². The monoisotopic (exact) mass is 453 g/mol. The van der Waals surface area contributed by atoms with Crippen molar-refractivity contribution in [2.45, 2.75) is 37.8 Å². The minimum absolute atomic E-state index is 0.113. The fourth-order valence-electron chi connectivity index (χ4n) is 3.68. The van der Waals surface area contributed by atoms with Gasteiger partial charge in [-0.25, -0.2) is 4.98 Å². The molecular formula is C22H23ClF3N3O2. The van der Waals surface area contributed by atoms with Crippen LogP contribution in [-0.2, 0) is 10.9 Å². The summed E-state index contributed by atoms with van der Waals surface area (Å²) in [4.78, 5) is 17.0. The van der Waals surface area contributed by atoms with Gasteiger partial charge < -0.3 is 15.4 Å². The van der Waals surface area contributed by atoms with Gasteiger partial charge in [-0.15, -0.1) is 0 Å². The van der Waals surface area contributed by atoms with Crippen LogP contribution in [0.3, 0.4) is 0 Å². The van der Waals surface area contributed by atoms with Gasteiger partial charge in [-0.2, -0.15) is 13.2 Å². The van der Waals surface area contributed by atoms with Gasteiger partial charge in [-0.05, 0) is 67.3 Å². The number of alkyl halides is 3. The Kier molecular flexibility index (Phi) is 6.39. The van der Waals surface area contributed by atoms with Gasteiger partial charge in [-0.3, -0.25) is 4.79 Å². The third-order valence-electron chi connectivity index (χ3n) is 5.65. The summed E-state index contributed by atoms with van der Waals surface area (Å²) in [5.41, 5.74) is 0.675. The lowest BCUT2D eigenvalue weighted by Gasteiger charge is -2.22. The highest BCUT2D eigenvalue weighted by atomic mass is 35.5. The van der Waals surface area contributed by atoms with E-state index in [9.17, 15) is 18.0 Å². The molecular weight excluding hydrogens is 431 g/mol. The van der Waals surface area contributed by atoms with Gasteiger partial charge in [0.2, 0.25) is 0 Å². The number of rotatable bonds is 6. The summed E-state index contributed by atoms with van der Waals surface area (Å²) in [6.45, 7) is 2.02. The topological polar surface area (TPSA) is 63.2 Å². The van der Waals surface area contributed by atoms with E-state index in [4.69, 9.17) is 16.3 Å². The van der Waals surface area contributed by atoms with Gasteiger partial charge >= 0.3 is 6.18 Å². The van der Waals surface area contributed by atoms with Gasteiger partial charge in [0.05, 0.1) is 21.8 Å². The maximum absolute atomic E-state index is 13.0. The number of pyridine rings is 1. The smallest absolute Gasteiger partial charge is 0.381 e. The van der Waals surface area contributed by atoms with Crippen LogP contribution in [0.5, 0.6) is 0 Å². The summed E-state index contributed by atoms with van der Waals surface area (Å²) in [6.07, 6.45) is 0.794. The molecule has 0 atom stereocenters. The molecule has 1 aromatic heterocycles. The Balaban J connectivity index is 1.51. The molecule has 2 aromatic rings. The van der Waals surface area contributed by atoms with Gasteiger partial charge in [0.15, 0.2) is 0 Å². The second-order valence-corrected chi connectivity index (χ2v) is 8.42. The molecule has 9 heteroatoms. The number of halogens is 4. The molecule has 1 aromatic carbocycles. The van der Waals surface area contributed by atoms with Gasteiger partial charge in [-0.1, -0.05) is 11.6 Å². The molecule has 1 aliphatic heterocycles. The predicted octanol–water partition coefficient (Wildman–Crippen LogP) is 5.53. The first-order valence-electron chi connectivity index (χ1n) is 10.3. The summed E-state index contributed by atoms with van der Waals surface area (Å²) in [5, 5.41) is 6.02. The highest BCUT2D eigenvalue weighted by Gasteiger charge is 2.32. The lowest BCUT2D eigenvalue weighted by Crippen LogP contribution is -2.32. The molecule has 4 rings (SSSR count). The first-order valence-corrected chi connectivity index (χ1v) is 10.7. The quantitative estimate of drug-likeness (QED) is 0.603. The molecule has 0 unspecified atom stereocenters. The van der Waals surface area contributed by atoms with Crippen molar-refractivity contribution in [1.82, 2.24) is 10.3 Å². The molecule has 2 N–H and O–H groups in total. The average Bonchev–Trinajstić information content (AvgIpc) is 3.59. The Morgan fingerprint density at radius 1 is 1.16 bits per heavy atom. The van der Waals surface area contributed by atoms with Crippen LogP contribution in [0.25, 0.3) is 0 Å². The SMILES string of the molecule is O=C(NCC1CCOCC1)c1cnc(Nc2cc(C(F)(F)F)ccc2Cl)cc1C1CC1. The van der Waals surface area contributed by atoms with E-state index < -0.39 is 11.7 Å². The number of amides is 1. The maximum atomic E-state index is 13.0. The van der Waals surface area contributed by atoms with Crippen molar-refractivity contribution in [3.8, 4) is 0 Å². The van der Waals surface area contributed by atoms with Crippen LogP contribution in [0.4, 0.5) is 24.7 Å². The number of carbonyl (C=O) groups excluding carboxylic acids is 1. The molecule has 0 bridgehead atoms. The number of nitrogens with zero attached hydrogens (tertiary/aromatic N) is 1. The third kappa shape index (κ3) is 5.49. The van der Waals surface area contributed by atoms with E-state index in [1.165, 1.54) is 12.3 Å². The number of nitrogens with one attached hydrogen (secondary N) is 2. The van der Waals surface area contributed by atoms with Crippen LogP contribution >= 0.6 is 11.6 Å². The van der Waals surface area contributed by atoms with E-state index in [1.807, 2.05) is 0 Å². The van der Waals surface area contributed by atoms with Crippen molar-refractivity contribution in [3.05, 3.63) is 52.2 Å². The van der Waals surface area contributed by atoms with Crippen LogP contribution in [0.1, 0.15) is 53.1 Å². The maximum Gasteiger partial charge on any atom is 0.416 e. The molecule has 1 saturated heterocycles. The van der Waals surface area contributed by atoms with E-state index in [0.717, 1.165) is 43.4 Å². The predicted molar refractivity (Wildman–Crippen MR) is 112 cm³/mol. The summed E-state index contributed by atoms with van der Waals surface area (Å²) in [7, 11) is 0. The van der Waals surface area contributed by atoms with Gasteiger partial charge in [0, 0.05) is 26.0 Å². The molecule has 1 aliphatic carbocycles. The Bertz CT molecular complexity index is 958. The van der Waals surface area contributed by atoms with Crippen molar-refractivity contribution in [2.24, 2.45) is 5.92 Å². The number of aromatic nitrogens is 1. The second kappa shape index (κ2) is 9.04. The first-order chi connectivity index (χ1) is 14.8. The van der Waals surface area contributed by atoms with E-state index in [0.29, 0.717) is 37.1 Å². The fraction of sp³-hybridized carbons (Fsp3) is 0.455. The molecule has 5 nitrogen and oxygen atoms in total. The summed E-state index contributed by atoms with van der Waals surface area (Å²) in [5.74, 6) is 0.831. The highest BCUT2D eigenvalue weighted by Crippen LogP contribution is 2.43. The number of hydrogen-bond acceptors (Lipinski definition) is 4. The van der Waals surface area contributed by atoms with Crippen LogP contribution in [0.2, 0.25) is 5.02 Å². The van der Waals surface area contributed by atoms with E-state index in [-0.39, 0.29) is 22.5 Å². The normalized spacial score (nSPS) is 17.4. The molecule has 2 heterocycles. The lowest BCUT2D eigenvalue weighted by molar-refractivity contribution is -0.137. The largest absolute Gasteiger partial charge is 0.416 e. The Morgan fingerprint density at radius 2 is 1.90 bits per heavy atom. The third-order valence-corrected chi connectivity index (χ3v) is 5.98. The molecule has 0 spiro atoms. The first kappa shape index (κ1) is 21.9. The van der Waals surface area contributed by atoms with E-state index in [2.05, 4.69) is 15.6 Å². The fourth-order valence-corrected chi connectivity index (χ4v) is 3.84. The molecule has 166 valence electrons. The number of ether oxygens (including phenoxy) is 1. The van der Waals surface area contributed by atoms with Crippen LogP contribution < -0.4 is 10.6 Å². The summed E-state index contributed by atoms with van der Waals surface area (Å²) < 4.78 is 44.4. The Morgan fingerprint density at radius 3 is 2.58 bits per heavy atom. The van der Waals surface area contributed by atoms with Crippen molar-refractivity contribution in [3.63, 3.8) is 0 Å². The van der Waals surface area contributed by atoms with E-state index >= 15 is 0 Å².